The third-order valence-corrected chi connectivity index (χ3v) is 9.80. The second-order valence-corrected chi connectivity index (χ2v) is 13.0. The van der Waals surface area contributed by atoms with E-state index in [-0.39, 0.29) is 17.3 Å². The molecule has 2 aliphatic heterocycles. The van der Waals surface area contributed by atoms with Crippen LogP contribution in [0.15, 0.2) is 48.9 Å². The second-order valence-electron chi connectivity index (χ2n) is 10.0. The molecule has 2 aliphatic rings. The Bertz CT molecular complexity index is 1560. The van der Waals surface area contributed by atoms with E-state index in [1.807, 2.05) is 37.3 Å². The zero-order valence-corrected chi connectivity index (χ0v) is 22.4. The summed E-state index contributed by atoms with van der Waals surface area (Å²) in [5.41, 5.74) is 3.08. The predicted molar refractivity (Wildman–Crippen MR) is 145 cm³/mol. The summed E-state index contributed by atoms with van der Waals surface area (Å²) in [5, 5.41) is 9.40. The van der Waals surface area contributed by atoms with E-state index in [4.69, 9.17) is 27.9 Å². The van der Waals surface area contributed by atoms with Gasteiger partial charge in [0.15, 0.2) is 9.84 Å². The van der Waals surface area contributed by atoms with E-state index in [1.54, 1.807) is 18.6 Å². The van der Waals surface area contributed by atoms with E-state index in [2.05, 4.69) is 25.1 Å². The van der Waals surface area contributed by atoms with Crippen molar-refractivity contribution in [3.63, 3.8) is 0 Å². The predicted octanol–water partition coefficient (Wildman–Crippen LogP) is 5.48. The maximum Gasteiger partial charge on any atom is 0.151 e. The van der Waals surface area contributed by atoms with Crippen molar-refractivity contribution in [1.82, 2.24) is 20.2 Å². The third kappa shape index (κ3) is 4.64. The summed E-state index contributed by atoms with van der Waals surface area (Å²) in [6, 6.07) is 9.69. The molecule has 37 heavy (non-hydrogen) atoms. The van der Waals surface area contributed by atoms with Gasteiger partial charge in [-0.2, -0.15) is 5.10 Å². The van der Waals surface area contributed by atoms with Crippen molar-refractivity contribution in [3.8, 4) is 17.0 Å². The number of sulfone groups is 1. The van der Waals surface area contributed by atoms with Gasteiger partial charge in [-0.25, -0.2) is 13.4 Å². The molecule has 2 saturated heterocycles. The minimum Gasteiger partial charge on any atom is -0.486 e. The lowest BCUT2D eigenvalue weighted by molar-refractivity contribution is 0.216. The number of aromatic amines is 1. The number of fused-ring (bicyclic) bond motifs is 1. The van der Waals surface area contributed by atoms with Gasteiger partial charge in [0.25, 0.3) is 0 Å². The van der Waals surface area contributed by atoms with E-state index in [1.165, 1.54) is 0 Å². The molecule has 1 aromatic carbocycles. The van der Waals surface area contributed by atoms with Crippen LogP contribution in [0.25, 0.3) is 22.2 Å². The molecule has 0 radical (unpaired) electrons. The van der Waals surface area contributed by atoms with Gasteiger partial charge >= 0.3 is 0 Å². The zero-order valence-electron chi connectivity index (χ0n) is 20.1. The first kappa shape index (κ1) is 24.5. The maximum atomic E-state index is 12.1. The van der Waals surface area contributed by atoms with Crippen molar-refractivity contribution in [2.24, 2.45) is 5.41 Å². The topological polar surface area (TPSA) is 101 Å². The molecule has 192 valence electrons. The molecule has 3 aromatic heterocycles. The summed E-state index contributed by atoms with van der Waals surface area (Å²) in [6.07, 6.45) is 6.24. The summed E-state index contributed by atoms with van der Waals surface area (Å²) < 4.78 is 30.4. The second kappa shape index (κ2) is 9.15. The van der Waals surface area contributed by atoms with Gasteiger partial charge in [-0.3, -0.25) is 10.1 Å². The molecule has 4 aromatic rings. The van der Waals surface area contributed by atoms with Crippen molar-refractivity contribution in [1.29, 1.82) is 0 Å². The van der Waals surface area contributed by atoms with Crippen molar-refractivity contribution in [2.45, 2.75) is 25.9 Å². The number of anilines is 1. The fourth-order valence-electron chi connectivity index (χ4n) is 5.53. The summed E-state index contributed by atoms with van der Waals surface area (Å²) in [7, 11) is -2.93. The third-order valence-electron chi connectivity index (χ3n) is 7.23. The molecule has 2 fully saturated rings. The Morgan fingerprint density at radius 3 is 2.59 bits per heavy atom. The molecule has 1 spiro atoms. The molecule has 0 saturated carbocycles. The van der Waals surface area contributed by atoms with Crippen LogP contribution in [-0.4, -0.2) is 53.2 Å². The number of halogens is 2. The molecule has 6 rings (SSSR count). The number of ether oxygens (including phenoxy) is 1. The molecule has 8 nitrogen and oxygen atoms in total. The summed E-state index contributed by atoms with van der Waals surface area (Å²) in [4.78, 5) is 10.8. The Balaban J connectivity index is 1.20. The van der Waals surface area contributed by atoms with E-state index in [0.717, 1.165) is 53.9 Å². The molecular formula is C26H25Cl2N5O3S. The zero-order chi connectivity index (χ0) is 25.8. The van der Waals surface area contributed by atoms with Crippen LogP contribution in [0.5, 0.6) is 5.75 Å². The fraction of sp³-hybridized carbons (Fsp3) is 0.346. The Kier molecular flexibility index (Phi) is 6.05. The van der Waals surface area contributed by atoms with Crippen LogP contribution in [0, 0.1) is 5.41 Å². The molecule has 0 unspecified atom stereocenters. The number of H-pyrrole nitrogens is 1. The summed E-state index contributed by atoms with van der Waals surface area (Å²) in [5.74, 6) is 2.11. The Morgan fingerprint density at radius 2 is 1.89 bits per heavy atom. The highest BCUT2D eigenvalue weighted by Crippen LogP contribution is 2.42. The lowest BCUT2D eigenvalue weighted by Gasteiger charge is -2.52. The van der Waals surface area contributed by atoms with Gasteiger partial charge in [0.05, 0.1) is 27.1 Å². The molecule has 0 bridgehead atoms. The van der Waals surface area contributed by atoms with Crippen LogP contribution in [0.1, 0.15) is 31.4 Å². The molecule has 5 heterocycles. The van der Waals surface area contributed by atoms with Crippen LogP contribution in [0.2, 0.25) is 10.0 Å². The molecule has 1 N–H and O–H groups in total. The lowest BCUT2D eigenvalue weighted by atomic mass is 9.77. The van der Waals surface area contributed by atoms with Gasteiger partial charge in [-0.15, -0.1) is 0 Å². The lowest BCUT2D eigenvalue weighted by Crippen LogP contribution is -2.61. The van der Waals surface area contributed by atoms with Crippen molar-refractivity contribution in [3.05, 3.63) is 64.5 Å². The summed E-state index contributed by atoms with van der Waals surface area (Å²) >= 11 is 12.6. The average molecular weight is 558 g/mol. The normalized spacial score (nSPS) is 19.1. The monoisotopic (exact) mass is 557 g/mol. The van der Waals surface area contributed by atoms with Gasteiger partial charge in [0, 0.05) is 53.6 Å². The van der Waals surface area contributed by atoms with Crippen LogP contribution in [-0.2, 0) is 9.84 Å². The van der Waals surface area contributed by atoms with Crippen LogP contribution < -0.4 is 9.64 Å². The number of aromatic nitrogens is 4. The van der Waals surface area contributed by atoms with Crippen LogP contribution in [0.3, 0.4) is 0 Å². The highest BCUT2D eigenvalue weighted by molar-refractivity contribution is 7.91. The van der Waals surface area contributed by atoms with E-state index < -0.39 is 9.84 Å². The van der Waals surface area contributed by atoms with Crippen LogP contribution >= 0.6 is 23.2 Å². The quantitative estimate of drug-likeness (QED) is 0.346. The highest BCUT2D eigenvalue weighted by atomic mass is 35.5. The smallest absolute Gasteiger partial charge is 0.151 e. The van der Waals surface area contributed by atoms with Gasteiger partial charge in [-0.1, -0.05) is 23.2 Å². The fourth-order valence-corrected chi connectivity index (χ4v) is 8.19. The van der Waals surface area contributed by atoms with E-state index in [9.17, 15) is 8.42 Å². The highest BCUT2D eigenvalue weighted by Gasteiger charge is 2.48. The van der Waals surface area contributed by atoms with Crippen molar-refractivity contribution < 1.29 is 13.2 Å². The molecule has 0 amide bonds. The Morgan fingerprint density at radius 1 is 1.11 bits per heavy atom. The SMILES string of the molecule is C[C@@H](Oc1ccc2[nH]nc(-c3ccc(N4CC5(CCCS(=O)(=O)C5)C4)nc3)c2c1)c1c(Cl)cncc1Cl. The van der Waals surface area contributed by atoms with Gasteiger partial charge in [0.2, 0.25) is 0 Å². The number of hydrogen-bond donors (Lipinski definition) is 1. The maximum absolute atomic E-state index is 12.1. The van der Waals surface area contributed by atoms with Crippen molar-refractivity contribution >= 4 is 49.8 Å². The number of rotatable bonds is 5. The minimum absolute atomic E-state index is 0.117. The molecular weight excluding hydrogens is 533 g/mol. The standard InChI is InChI=1S/C26H25Cl2N5O3S/c1-16(24-20(27)11-29-12-21(24)28)36-18-4-5-22-19(9-18)25(32-31-22)17-3-6-23(30-10-17)33-13-26(14-33)7-2-8-37(34,35)15-26/h3-6,9-12,16H,2,7-8,13-15H2,1H3,(H,31,32)/t16-/m1/s1. The summed E-state index contributed by atoms with van der Waals surface area (Å²) in [6.45, 7) is 3.35. The number of benzene rings is 1. The van der Waals surface area contributed by atoms with E-state index in [0.29, 0.717) is 27.1 Å². The van der Waals surface area contributed by atoms with Crippen LogP contribution in [0.4, 0.5) is 5.82 Å². The van der Waals surface area contributed by atoms with Gasteiger partial charge in [-0.05, 0) is 50.1 Å². The van der Waals surface area contributed by atoms with Gasteiger partial charge < -0.3 is 9.64 Å². The first-order chi connectivity index (χ1) is 17.7. The Hall–Kier alpha value is -2.88. The number of nitrogens with zero attached hydrogens (tertiary/aromatic N) is 4. The molecule has 1 atom stereocenters. The first-order valence-electron chi connectivity index (χ1n) is 12.1. The molecule has 0 aliphatic carbocycles. The minimum atomic E-state index is -2.93. The Labute approximate surface area is 224 Å². The van der Waals surface area contributed by atoms with Crippen molar-refractivity contribution in [2.75, 3.05) is 29.5 Å². The number of pyridine rings is 2. The van der Waals surface area contributed by atoms with Gasteiger partial charge in [0.1, 0.15) is 23.4 Å². The number of hydrogen-bond acceptors (Lipinski definition) is 7. The first-order valence-corrected chi connectivity index (χ1v) is 14.7. The van der Waals surface area contributed by atoms with E-state index >= 15 is 0 Å². The number of nitrogens with one attached hydrogen (secondary N) is 1. The average Bonchev–Trinajstić information content (AvgIpc) is 3.25. The molecule has 11 heteroatoms. The largest absolute Gasteiger partial charge is 0.486 e.